The van der Waals surface area contributed by atoms with Crippen LogP contribution in [-0.4, -0.2) is 62.0 Å². The molecule has 0 aromatic rings. The Morgan fingerprint density at radius 3 is 2.41 bits per heavy atom. The first-order chi connectivity index (χ1) is 7.82. The van der Waals surface area contributed by atoms with Crippen molar-refractivity contribution in [3.8, 4) is 0 Å². The quantitative estimate of drug-likeness (QED) is 0.423. The maximum Gasteiger partial charge on any atom is 0.399 e. The van der Waals surface area contributed by atoms with Crippen LogP contribution in [0.15, 0.2) is 0 Å². The lowest BCUT2D eigenvalue weighted by Gasteiger charge is -2.27. The Hall–Kier alpha value is -0.860. The van der Waals surface area contributed by atoms with Crippen molar-refractivity contribution in [2.45, 2.75) is 6.18 Å². The number of aliphatic hydroxyl groups is 1. The zero-order valence-electron chi connectivity index (χ0n) is 9.63. The van der Waals surface area contributed by atoms with Gasteiger partial charge < -0.3 is 15.6 Å². The van der Waals surface area contributed by atoms with Gasteiger partial charge >= 0.3 is 6.18 Å². The number of ether oxygens (including phenoxy) is 1. The molecule has 0 heterocycles. The average molecular weight is 257 g/mol. The molecule has 0 aromatic carbocycles. The van der Waals surface area contributed by atoms with Crippen molar-refractivity contribution >= 4 is 5.84 Å². The standard InChI is InChI=1S/C9H18F3N3O2/c1-17-5-3-15(2-4-16)6-7(8(13)14)9(10,11)12/h7,16H,2-6H2,1H3,(H3,13,14). The predicted molar refractivity (Wildman–Crippen MR) is 56.9 cm³/mol. The van der Waals surface area contributed by atoms with Crippen LogP contribution in [0.3, 0.4) is 0 Å². The van der Waals surface area contributed by atoms with Gasteiger partial charge in [-0.3, -0.25) is 10.3 Å². The molecule has 0 saturated heterocycles. The molecule has 8 heteroatoms. The first-order valence-electron chi connectivity index (χ1n) is 5.05. The number of rotatable bonds is 8. The molecular formula is C9H18F3N3O2. The third kappa shape index (κ3) is 6.44. The number of hydrogen-bond donors (Lipinski definition) is 3. The third-order valence-electron chi connectivity index (χ3n) is 2.24. The van der Waals surface area contributed by atoms with E-state index in [-0.39, 0.29) is 26.3 Å². The summed E-state index contributed by atoms with van der Waals surface area (Å²) in [5.41, 5.74) is 4.94. The van der Waals surface area contributed by atoms with Gasteiger partial charge in [-0.05, 0) is 0 Å². The van der Waals surface area contributed by atoms with Crippen molar-refractivity contribution in [2.75, 3.05) is 40.0 Å². The van der Waals surface area contributed by atoms with E-state index in [1.54, 1.807) is 0 Å². The number of halogens is 3. The summed E-state index contributed by atoms with van der Waals surface area (Å²) in [6.07, 6.45) is -4.55. The molecule has 0 radical (unpaired) electrons. The van der Waals surface area contributed by atoms with Crippen LogP contribution >= 0.6 is 0 Å². The van der Waals surface area contributed by atoms with E-state index in [4.69, 9.17) is 21.0 Å². The zero-order chi connectivity index (χ0) is 13.5. The summed E-state index contributed by atoms with van der Waals surface area (Å²) in [5.74, 6) is -2.93. The van der Waals surface area contributed by atoms with E-state index in [1.165, 1.54) is 12.0 Å². The number of nitrogens with zero attached hydrogens (tertiary/aromatic N) is 1. The van der Waals surface area contributed by atoms with E-state index in [9.17, 15) is 13.2 Å². The van der Waals surface area contributed by atoms with Gasteiger partial charge in [-0.2, -0.15) is 13.2 Å². The highest BCUT2D eigenvalue weighted by Crippen LogP contribution is 2.26. The molecule has 1 atom stereocenters. The number of amidine groups is 1. The van der Waals surface area contributed by atoms with E-state index in [1.807, 2.05) is 0 Å². The summed E-state index contributed by atoms with van der Waals surface area (Å²) in [4.78, 5) is 1.36. The summed E-state index contributed by atoms with van der Waals surface area (Å²) >= 11 is 0. The number of hydrogen-bond acceptors (Lipinski definition) is 4. The molecule has 17 heavy (non-hydrogen) atoms. The zero-order valence-corrected chi connectivity index (χ0v) is 9.63. The van der Waals surface area contributed by atoms with Gasteiger partial charge in [0.1, 0.15) is 11.8 Å². The molecule has 0 aromatic heterocycles. The van der Waals surface area contributed by atoms with Crippen LogP contribution < -0.4 is 5.73 Å². The fraction of sp³-hybridized carbons (Fsp3) is 0.889. The number of alkyl halides is 3. The van der Waals surface area contributed by atoms with Crippen molar-refractivity contribution in [2.24, 2.45) is 11.7 Å². The van der Waals surface area contributed by atoms with Crippen molar-refractivity contribution < 1.29 is 23.0 Å². The Kier molecular flexibility index (Phi) is 7.09. The fourth-order valence-corrected chi connectivity index (χ4v) is 1.29. The molecule has 0 aliphatic heterocycles. The monoisotopic (exact) mass is 257 g/mol. The van der Waals surface area contributed by atoms with Gasteiger partial charge in [-0.1, -0.05) is 0 Å². The molecule has 4 N–H and O–H groups in total. The van der Waals surface area contributed by atoms with Gasteiger partial charge in [0.2, 0.25) is 0 Å². The molecule has 0 aliphatic rings. The Labute approximate surface area is 97.8 Å². The Balaban J connectivity index is 4.51. The van der Waals surface area contributed by atoms with Gasteiger partial charge in [0.05, 0.1) is 13.2 Å². The second-order valence-corrected chi connectivity index (χ2v) is 3.57. The second kappa shape index (κ2) is 7.46. The summed E-state index contributed by atoms with van der Waals surface area (Å²) in [6, 6.07) is 0. The summed E-state index contributed by atoms with van der Waals surface area (Å²) in [5, 5.41) is 15.7. The maximum absolute atomic E-state index is 12.6. The van der Waals surface area contributed by atoms with Gasteiger partial charge in [-0.15, -0.1) is 0 Å². The van der Waals surface area contributed by atoms with Crippen molar-refractivity contribution in [1.82, 2.24) is 4.90 Å². The van der Waals surface area contributed by atoms with Crippen molar-refractivity contribution in [3.63, 3.8) is 0 Å². The van der Waals surface area contributed by atoms with Crippen LogP contribution in [0, 0.1) is 11.3 Å². The Morgan fingerprint density at radius 1 is 1.47 bits per heavy atom. The fourth-order valence-electron chi connectivity index (χ4n) is 1.29. The Bertz CT molecular complexity index is 236. The van der Waals surface area contributed by atoms with Gasteiger partial charge in [0.25, 0.3) is 0 Å². The molecule has 102 valence electrons. The van der Waals surface area contributed by atoms with Crippen LogP contribution in [0.4, 0.5) is 13.2 Å². The highest BCUT2D eigenvalue weighted by atomic mass is 19.4. The summed E-state index contributed by atoms with van der Waals surface area (Å²) < 4.78 is 42.4. The summed E-state index contributed by atoms with van der Waals surface area (Å²) in [6.45, 7) is -0.114. The van der Waals surface area contributed by atoms with Crippen LogP contribution in [0.1, 0.15) is 0 Å². The van der Waals surface area contributed by atoms with E-state index in [2.05, 4.69) is 0 Å². The van der Waals surface area contributed by atoms with Crippen LogP contribution in [0.5, 0.6) is 0 Å². The Morgan fingerprint density at radius 2 is 2.06 bits per heavy atom. The average Bonchev–Trinajstić information content (AvgIpc) is 2.19. The van der Waals surface area contributed by atoms with Crippen LogP contribution in [0.25, 0.3) is 0 Å². The van der Waals surface area contributed by atoms with E-state index < -0.39 is 24.5 Å². The third-order valence-corrected chi connectivity index (χ3v) is 2.24. The SMILES string of the molecule is COCCN(CCO)CC(C(=N)N)C(F)(F)F. The minimum atomic E-state index is -4.55. The first kappa shape index (κ1) is 16.1. The number of nitrogens with one attached hydrogen (secondary N) is 1. The molecule has 0 aliphatic carbocycles. The lowest BCUT2D eigenvalue weighted by Crippen LogP contribution is -2.45. The predicted octanol–water partition coefficient (Wildman–Crippen LogP) is 0.0416. The highest BCUT2D eigenvalue weighted by Gasteiger charge is 2.42. The molecule has 0 saturated carbocycles. The number of methoxy groups -OCH3 is 1. The van der Waals surface area contributed by atoms with E-state index in [0.29, 0.717) is 0 Å². The van der Waals surface area contributed by atoms with Crippen LogP contribution in [-0.2, 0) is 4.74 Å². The number of aliphatic hydroxyl groups excluding tert-OH is 1. The minimum absolute atomic E-state index is 0.0865. The molecule has 1 unspecified atom stereocenters. The molecule has 5 nitrogen and oxygen atoms in total. The largest absolute Gasteiger partial charge is 0.399 e. The molecule has 0 bridgehead atoms. The second-order valence-electron chi connectivity index (χ2n) is 3.57. The van der Waals surface area contributed by atoms with Gasteiger partial charge in [0.15, 0.2) is 0 Å². The van der Waals surface area contributed by atoms with Gasteiger partial charge in [0, 0.05) is 26.7 Å². The summed E-state index contributed by atoms with van der Waals surface area (Å²) in [7, 11) is 1.43. The van der Waals surface area contributed by atoms with Crippen molar-refractivity contribution in [3.05, 3.63) is 0 Å². The lowest BCUT2D eigenvalue weighted by molar-refractivity contribution is -0.160. The van der Waals surface area contributed by atoms with E-state index in [0.717, 1.165) is 0 Å². The van der Waals surface area contributed by atoms with Crippen molar-refractivity contribution in [1.29, 1.82) is 5.41 Å². The molecule has 0 spiro atoms. The molecular weight excluding hydrogens is 239 g/mol. The lowest BCUT2D eigenvalue weighted by atomic mass is 10.1. The number of nitrogens with two attached hydrogens (primary N) is 1. The molecule has 0 amide bonds. The molecule has 0 rings (SSSR count). The maximum atomic E-state index is 12.6. The van der Waals surface area contributed by atoms with Crippen LogP contribution in [0.2, 0.25) is 0 Å². The smallest absolute Gasteiger partial charge is 0.395 e. The topological polar surface area (TPSA) is 82.6 Å². The first-order valence-corrected chi connectivity index (χ1v) is 5.05. The van der Waals surface area contributed by atoms with E-state index >= 15 is 0 Å². The normalized spacial score (nSPS) is 14.0. The van der Waals surface area contributed by atoms with Gasteiger partial charge in [-0.25, -0.2) is 0 Å². The minimum Gasteiger partial charge on any atom is -0.395 e. The molecule has 0 fully saturated rings. The highest BCUT2D eigenvalue weighted by molar-refractivity contribution is 5.80.